The minimum atomic E-state index is -3.88. The number of anilines is 2. The first-order valence-corrected chi connectivity index (χ1v) is 10.3. The topological polar surface area (TPSA) is 84.9 Å². The zero-order valence-electron chi connectivity index (χ0n) is 15.7. The molecular weight excluding hydrogens is 411 g/mol. The fourth-order valence-electron chi connectivity index (χ4n) is 2.62. The zero-order chi connectivity index (χ0) is 21.1. The van der Waals surface area contributed by atoms with Crippen LogP contribution in [0.25, 0.3) is 0 Å². The third kappa shape index (κ3) is 4.85. The normalized spacial score (nSPS) is 12.2. The van der Waals surface area contributed by atoms with Crippen molar-refractivity contribution in [1.82, 2.24) is 0 Å². The first kappa shape index (κ1) is 21.8. The van der Waals surface area contributed by atoms with Gasteiger partial charge in [0.05, 0.1) is 36.9 Å². The Morgan fingerprint density at radius 1 is 1.18 bits per heavy atom. The second kappa shape index (κ2) is 8.66. The largest absolute Gasteiger partial charge is 0.495 e. The highest BCUT2D eigenvalue weighted by molar-refractivity contribution is 7.92. The number of ether oxygens (including phenoxy) is 2. The average molecular weight is 431 g/mol. The molecule has 152 valence electrons. The summed E-state index contributed by atoms with van der Waals surface area (Å²) in [5, 5.41) is 2.88. The lowest BCUT2D eigenvalue weighted by molar-refractivity contribution is -0.116. The highest BCUT2D eigenvalue weighted by Gasteiger charge is 2.30. The summed E-state index contributed by atoms with van der Waals surface area (Å²) in [7, 11) is -1.07. The molecule has 0 bridgehead atoms. The van der Waals surface area contributed by atoms with Crippen LogP contribution in [0.1, 0.15) is 6.92 Å². The Balaban J connectivity index is 2.39. The Bertz CT molecular complexity index is 984. The van der Waals surface area contributed by atoms with Crippen molar-refractivity contribution in [2.45, 2.75) is 13.0 Å². The fraction of sp³-hybridized carbons (Fsp3) is 0.278. The van der Waals surface area contributed by atoms with Crippen molar-refractivity contribution in [1.29, 1.82) is 0 Å². The van der Waals surface area contributed by atoms with Gasteiger partial charge in [0.15, 0.2) is 0 Å². The van der Waals surface area contributed by atoms with Gasteiger partial charge in [0.25, 0.3) is 0 Å². The number of nitrogens with one attached hydrogen (secondary N) is 1. The van der Waals surface area contributed by atoms with Crippen molar-refractivity contribution in [3.8, 4) is 11.5 Å². The summed E-state index contributed by atoms with van der Waals surface area (Å²) in [5.41, 5.74) is 0.277. The van der Waals surface area contributed by atoms with Gasteiger partial charge in [-0.15, -0.1) is 0 Å². The first-order chi connectivity index (χ1) is 13.1. The molecule has 1 atom stereocenters. The second-order valence-electron chi connectivity index (χ2n) is 5.89. The van der Waals surface area contributed by atoms with Gasteiger partial charge < -0.3 is 14.8 Å². The average Bonchev–Trinajstić information content (AvgIpc) is 2.61. The van der Waals surface area contributed by atoms with E-state index in [2.05, 4.69) is 5.32 Å². The molecule has 28 heavy (non-hydrogen) atoms. The molecule has 1 N–H and O–H groups in total. The number of amides is 1. The smallest absolute Gasteiger partial charge is 0.248 e. The molecule has 2 aromatic carbocycles. The molecule has 0 aliphatic heterocycles. The number of rotatable bonds is 7. The summed E-state index contributed by atoms with van der Waals surface area (Å²) >= 11 is 6.04. The van der Waals surface area contributed by atoms with Gasteiger partial charge in [-0.1, -0.05) is 17.7 Å². The highest BCUT2D eigenvalue weighted by Crippen LogP contribution is 2.36. The number of methoxy groups -OCH3 is 2. The SMILES string of the molecule is COc1cc(NC(=O)[C@@H](C)N(c2cccc(F)c2)S(C)(=O)=O)c(OC)cc1Cl. The van der Waals surface area contributed by atoms with Crippen LogP contribution in [-0.2, 0) is 14.8 Å². The third-order valence-corrected chi connectivity index (χ3v) is 5.42. The number of benzene rings is 2. The number of halogens is 2. The number of sulfonamides is 1. The summed E-state index contributed by atoms with van der Waals surface area (Å²) in [6.45, 7) is 1.39. The van der Waals surface area contributed by atoms with Gasteiger partial charge >= 0.3 is 0 Å². The van der Waals surface area contributed by atoms with Gasteiger partial charge in [-0.05, 0) is 25.1 Å². The summed E-state index contributed by atoms with van der Waals surface area (Å²) in [6.07, 6.45) is 0.938. The number of carbonyl (C=O) groups is 1. The Hall–Kier alpha value is -2.52. The molecule has 0 saturated heterocycles. The maximum absolute atomic E-state index is 13.6. The molecule has 0 aromatic heterocycles. The van der Waals surface area contributed by atoms with E-state index in [0.29, 0.717) is 5.75 Å². The Morgan fingerprint density at radius 3 is 2.36 bits per heavy atom. The Labute approximate surface area is 168 Å². The lowest BCUT2D eigenvalue weighted by atomic mass is 10.2. The van der Waals surface area contributed by atoms with Gasteiger partial charge in [0.1, 0.15) is 23.4 Å². The van der Waals surface area contributed by atoms with Gasteiger partial charge in [-0.3, -0.25) is 9.10 Å². The lowest BCUT2D eigenvalue weighted by Gasteiger charge is -2.28. The molecular formula is C18H20ClFN2O5S. The molecule has 0 heterocycles. The van der Waals surface area contributed by atoms with Crippen molar-refractivity contribution < 1.29 is 27.1 Å². The minimum Gasteiger partial charge on any atom is -0.495 e. The highest BCUT2D eigenvalue weighted by atomic mass is 35.5. The first-order valence-electron chi connectivity index (χ1n) is 8.05. The van der Waals surface area contributed by atoms with Crippen LogP contribution in [0.5, 0.6) is 11.5 Å². The number of carbonyl (C=O) groups excluding carboxylic acids is 1. The van der Waals surface area contributed by atoms with Crippen LogP contribution in [0.2, 0.25) is 5.02 Å². The van der Waals surface area contributed by atoms with E-state index in [4.69, 9.17) is 21.1 Å². The predicted molar refractivity (Wildman–Crippen MR) is 106 cm³/mol. The predicted octanol–water partition coefficient (Wildman–Crippen LogP) is 3.29. The van der Waals surface area contributed by atoms with Crippen LogP contribution in [0.3, 0.4) is 0 Å². The number of nitrogens with zero attached hydrogens (tertiary/aromatic N) is 1. The number of hydrogen-bond acceptors (Lipinski definition) is 5. The van der Waals surface area contributed by atoms with Crippen molar-refractivity contribution >= 4 is 38.9 Å². The van der Waals surface area contributed by atoms with Crippen LogP contribution in [0.4, 0.5) is 15.8 Å². The molecule has 0 radical (unpaired) electrons. The van der Waals surface area contributed by atoms with Crippen molar-refractivity contribution in [3.63, 3.8) is 0 Å². The van der Waals surface area contributed by atoms with E-state index < -0.39 is 27.8 Å². The molecule has 0 saturated carbocycles. The maximum atomic E-state index is 13.6. The third-order valence-electron chi connectivity index (χ3n) is 3.88. The van der Waals surface area contributed by atoms with E-state index in [1.807, 2.05) is 0 Å². The van der Waals surface area contributed by atoms with Crippen LogP contribution in [-0.4, -0.2) is 40.8 Å². The summed E-state index contributed by atoms with van der Waals surface area (Å²) < 4.78 is 49.3. The Kier molecular flexibility index (Phi) is 6.73. The molecule has 0 spiro atoms. The van der Waals surface area contributed by atoms with Gasteiger partial charge in [0, 0.05) is 12.1 Å². The molecule has 2 aromatic rings. The van der Waals surface area contributed by atoms with Gasteiger partial charge in [0.2, 0.25) is 15.9 Å². The Morgan fingerprint density at radius 2 is 1.82 bits per heavy atom. The molecule has 7 nitrogen and oxygen atoms in total. The minimum absolute atomic E-state index is 0.0331. The zero-order valence-corrected chi connectivity index (χ0v) is 17.3. The molecule has 0 aliphatic rings. The maximum Gasteiger partial charge on any atom is 0.248 e. The van der Waals surface area contributed by atoms with Crippen LogP contribution in [0.15, 0.2) is 36.4 Å². The molecule has 0 fully saturated rings. The van der Waals surface area contributed by atoms with Crippen LogP contribution in [0, 0.1) is 5.82 Å². The summed E-state index contributed by atoms with van der Waals surface area (Å²) in [6, 6.07) is 6.72. The van der Waals surface area contributed by atoms with E-state index in [1.165, 1.54) is 51.5 Å². The molecule has 0 aliphatic carbocycles. The van der Waals surface area contributed by atoms with E-state index in [1.54, 1.807) is 0 Å². The lowest BCUT2D eigenvalue weighted by Crippen LogP contribution is -2.45. The van der Waals surface area contributed by atoms with Crippen LogP contribution < -0.4 is 19.1 Å². The quantitative estimate of drug-likeness (QED) is 0.728. The van der Waals surface area contributed by atoms with E-state index in [-0.39, 0.29) is 22.1 Å². The van der Waals surface area contributed by atoms with Gasteiger partial charge in [-0.25, -0.2) is 12.8 Å². The standard InChI is InChI=1S/C18H20ClFN2O5S/c1-11(22(28(4,24)25)13-7-5-6-12(20)8-13)18(23)21-15-10-16(26-2)14(19)9-17(15)27-3/h5-11H,1-4H3,(H,21,23)/t11-/m1/s1. The van der Waals surface area contributed by atoms with Crippen molar-refractivity contribution in [3.05, 3.63) is 47.2 Å². The van der Waals surface area contributed by atoms with Crippen molar-refractivity contribution in [2.24, 2.45) is 0 Å². The van der Waals surface area contributed by atoms with Gasteiger partial charge in [-0.2, -0.15) is 0 Å². The second-order valence-corrected chi connectivity index (χ2v) is 8.16. The molecule has 2 rings (SSSR count). The summed E-state index contributed by atoms with van der Waals surface area (Å²) in [4.78, 5) is 12.8. The van der Waals surface area contributed by atoms with E-state index >= 15 is 0 Å². The van der Waals surface area contributed by atoms with Crippen LogP contribution >= 0.6 is 11.6 Å². The summed E-state index contributed by atoms with van der Waals surface area (Å²) in [5.74, 6) is -0.709. The monoisotopic (exact) mass is 430 g/mol. The molecule has 10 heteroatoms. The molecule has 1 amide bonds. The number of hydrogen-bond donors (Lipinski definition) is 1. The molecule has 0 unspecified atom stereocenters. The van der Waals surface area contributed by atoms with E-state index in [0.717, 1.165) is 16.6 Å². The van der Waals surface area contributed by atoms with Crippen molar-refractivity contribution in [2.75, 3.05) is 30.1 Å². The fourth-order valence-corrected chi connectivity index (χ4v) is 4.01. The van der Waals surface area contributed by atoms with E-state index in [9.17, 15) is 17.6 Å².